The van der Waals surface area contributed by atoms with E-state index in [1.54, 1.807) is 24.3 Å². The highest BCUT2D eigenvalue weighted by Gasteiger charge is 2.25. The Morgan fingerprint density at radius 3 is 1.81 bits per heavy atom. The van der Waals surface area contributed by atoms with Crippen molar-refractivity contribution in [2.45, 2.75) is 123 Å². The fourth-order valence-electron chi connectivity index (χ4n) is 4.68. The average molecular weight is 521 g/mol. The number of carbonyl (C=O) groups excluding carboxylic acids is 1. The number of hydrogen-bond acceptors (Lipinski definition) is 4. The van der Waals surface area contributed by atoms with Crippen molar-refractivity contribution >= 4 is 6.29 Å². The molecule has 1 N–H and O–H groups in total. The third-order valence-corrected chi connectivity index (χ3v) is 6.82. The third-order valence-electron chi connectivity index (χ3n) is 6.82. The number of nitrogens with zero attached hydrogens (tertiary/aromatic N) is 2. The lowest BCUT2D eigenvalue weighted by atomic mass is 10.0. The zero-order valence-corrected chi connectivity index (χ0v) is 22.6. The lowest BCUT2D eigenvalue weighted by molar-refractivity contribution is 0.111. The van der Waals surface area contributed by atoms with Gasteiger partial charge in [0.15, 0.2) is 17.8 Å². The smallest absolute Gasteiger partial charge is 0.296 e. The highest BCUT2D eigenvalue weighted by atomic mass is 19.3. The van der Waals surface area contributed by atoms with Crippen LogP contribution in [0.4, 0.5) is 8.78 Å². The Labute approximate surface area is 221 Å². The van der Waals surface area contributed by atoms with Gasteiger partial charge in [-0.2, -0.15) is 0 Å². The van der Waals surface area contributed by atoms with Crippen molar-refractivity contribution in [3.05, 3.63) is 35.8 Å². The van der Waals surface area contributed by atoms with Crippen LogP contribution in [0.15, 0.2) is 24.3 Å². The fourth-order valence-corrected chi connectivity index (χ4v) is 4.68. The highest BCUT2D eigenvalue weighted by molar-refractivity contribution is 5.76. The van der Waals surface area contributed by atoms with Crippen molar-refractivity contribution in [2.24, 2.45) is 0 Å². The van der Waals surface area contributed by atoms with Gasteiger partial charge < -0.3 is 9.84 Å². The molecule has 7 heteroatoms. The molecule has 2 rings (SSSR count). The Bertz CT molecular complexity index is 886. The lowest BCUT2D eigenvalue weighted by Crippen LogP contribution is -2.06. The summed E-state index contributed by atoms with van der Waals surface area (Å²) in [4.78, 5) is 14.6. The van der Waals surface area contributed by atoms with E-state index in [1.807, 2.05) is 0 Å². The molecule has 0 spiro atoms. The SMILES string of the molecule is CCCCCCCCCCCCCCCCCCCOc1ccccc1-n1c(C(F)F)nc(C=O)c1O. The van der Waals surface area contributed by atoms with Gasteiger partial charge in [-0.05, 0) is 18.6 Å². The first-order valence-corrected chi connectivity index (χ1v) is 14.4. The maximum atomic E-state index is 13.5. The first-order chi connectivity index (χ1) is 18.1. The highest BCUT2D eigenvalue weighted by Crippen LogP contribution is 2.34. The van der Waals surface area contributed by atoms with E-state index in [-0.39, 0.29) is 12.0 Å². The van der Waals surface area contributed by atoms with Crippen LogP contribution in [0.25, 0.3) is 5.69 Å². The normalized spacial score (nSPS) is 11.4. The Hall–Kier alpha value is -2.44. The van der Waals surface area contributed by atoms with Crippen LogP contribution in [-0.2, 0) is 0 Å². The summed E-state index contributed by atoms with van der Waals surface area (Å²) >= 11 is 0. The maximum Gasteiger partial charge on any atom is 0.296 e. The molecule has 1 aromatic carbocycles. The van der Waals surface area contributed by atoms with E-state index < -0.39 is 23.8 Å². The predicted octanol–water partition coefficient (Wildman–Crippen LogP) is 9.36. The van der Waals surface area contributed by atoms with Gasteiger partial charge in [-0.25, -0.2) is 13.8 Å². The number of carbonyl (C=O) groups is 1. The maximum absolute atomic E-state index is 13.5. The Morgan fingerprint density at radius 2 is 1.32 bits per heavy atom. The van der Waals surface area contributed by atoms with Crippen LogP contribution in [0.2, 0.25) is 0 Å². The quantitative estimate of drug-likeness (QED) is 0.124. The first kappa shape index (κ1) is 30.8. The van der Waals surface area contributed by atoms with Gasteiger partial charge in [0.05, 0.1) is 12.3 Å². The summed E-state index contributed by atoms with van der Waals surface area (Å²) in [7, 11) is 0. The van der Waals surface area contributed by atoms with Crippen LogP contribution >= 0.6 is 0 Å². The van der Waals surface area contributed by atoms with Crippen molar-refractivity contribution in [3.8, 4) is 17.3 Å². The summed E-state index contributed by atoms with van der Waals surface area (Å²) in [6, 6.07) is 6.63. The van der Waals surface area contributed by atoms with Crippen molar-refractivity contribution in [1.29, 1.82) is 0 Å². The number of imidazole rings is 1. The van der Waals surface area contributed by atoms with E-state index in [1.165, 1.54) is 89.9 Å². The lowest BCUT2D eigenvalue weighted by Gasteiger charge is -2.14. The summed E-state index contributed by atoms with van der Waals surface area (Å²) in [6.07, 6.45) is 19.4. The largest absolute Gasteiger partial charge is 0.493 e. The second kappa shape index (κ2) is 18.8. The third kappa shape index (κ3) is 11.2. The number of alkyl halides is 2. The molecule has 0 aliphatic rings. The van der Waals surface area contributed by atoms with Crippen LogP contribution in [0, 0.1) is 0 Å². The van der Waals surface area contributed by atoms with Gasteiger partial charge >= 0.3 is 0 Å². The predicted molar refractivity (Wildman–Crippen MR) is 145 cm³/mol. The van der Waals surface area contributed by atoms with E-state index in [0.717, 1.165) is 23.8 Å². The summed E-state index contributed by atoms with van der Waals surface area (Å²) in [6.45, 7) is 2.72. The van der Waals surface area contributed by atoms with Crippen LogP contribution in [0.5, 0.6) is 11.6 Å². The Kier molecular flexibility index (Phi) is 15.6. The standard InChI is InChI=1S/C30H46F2N2O3/c1-2-3-4-5-6-7-8-9-10-11-12-13-14-15-16-17-20-23-37-27-22-19-18-21-26(27)34-29(28(31)32)33-25(24-35)30(34)36/h18-19,21-22,24,28,36H,2-17,20,23H2,1H3. The van der Waals surface area contributed by atoms with Gasteiger partial charge in [0.25, 0.3) is 6.43 Å². The minimum Gasteiger partial charge on any atom is -0.493 e. The molecular formula is C30H46F2N2O3. The van der Waals surface area contributed by atoms with Gasteiger partial charge in [-0.1, -0.05) is 122 Å². The molecule has 0 atom stereocenters. The molecule has 1 aromatic heterocycles. The number of unbranched alkanes of at least 4 members (excludes halogenated alkanes) is 16. The molecule has 0 radical (unpaired) electrons. The zero-order valence-electron chi connectivity index (χ0n) is 22.6. The van der Waals surface area contributed by atoms with Gasteiger partial charge in [-0.3, -0.25) is 9.36 Å². The fraction of sp³-hybridized carbons (Fsp3) is 0.667. The van der Waals surface area contributed by atoms with Gasteiger partial charge in [-0.15, -0.1) is 0 Å². The second-order valence-corrected chi connectivity index (χ2v) is 9.91. The minimum absolute atomic E-state index is 0.239. The van der Waals surface area contributed by atoms with Crippen molar-refractivity contribution in [2.75, 3.05) is 6.61 Å². The van der Waals surface area contributed by atoms with E-state index in [9.17, 15) is 18.7 Å². The number of aromatic hydroxyl groups is 1. The van der Waals surface area contributed by atoms with Crippen molar-refractivity contribution in [1.82, 2.24) is 9.55 Å². The number of rotatable bonds is 22. The molecule has 0 saturated heterocycles. The first-order valence-electron chi connectivity index (χ1n) is 14.4. The molecule has 1 heterocycles. The number of halogens is 2. The Morgan fingerprint density at radius 1 is 0.838 bits per heavy atom. The number of para-hydroxylation sites is 2. The second-order valence-electron chi connectivity index (χ2n) is 9.91. The molecule has 0 bridgehead atoms. The number of benzene rings is 1. The number of ether oxygens (including phenoxy) is 1. The molecule has 0 unspecified atom stereocenters. The van der Waals surface area contributed by atoms with E-state index in [0.29, 0.717) is 12.4 Å². The van der Waals surface area contributed by atoms with Crippen LogP contribution in [-0.4, -0.2) is 27.6 Å². The summed E-state index contributed by atoms with van der Waals surface area (Å²) in [5.74, 6) is -0.932. The monoisotopic (exact) mass is 520 g/mol. The summed E-state index contributed by atoms with van der Waals surface area (Å²) in [5.41, 5.74) is -0.179. The molecule has 0 amide bonds. The molecule has 0 aliphatic heterocycles. The van der Waals surface area contributed by atoms with E-state index in [2.05, 4.69) is 11.9 Å². The molecule has 0 fully saturated rings. The molecule has 208 valence electrons. The summed E-state index contributed by atoms with van der Waals surface area (Å²) in [5, 5.41) is 10.2. The minimum atomic E-state index is -2.95. The van der Waals surface area contributed by atoms with Crippen LogP contribution < -0.4 is 4.74 Å². The van der Waals surface area contributed by atoms with Crippen molar-refractivity contribution < 1.29 is 23.4 Å². The zero-order chi connectivity index (χ0) is 26.7. The average Bonchev–Trinajstić information content (AvgIpc) is 3.24. The molecule has 37 heavy (non-hydrogen) atoms. The number of hydrogen-bond donors (Lipinski definition) is 1. The topological polar surface area (TPSA) is 64.4 Å². The van der Waals surface area contributed by atoms with Gasteiger partial charge in [0, 0.05) is 0 Å². The summed E-state index contributed by atoms with van der Waals surface area (Å²) < 4.78 is 33.6. The molecule has 0 aliphatic carbocycles. The van der Waals surface area contributed by atoms with Crippen LogP contribution in [0.3, 0.4) is 0 Å². The molecular weight excluding hydrogens is 474 g/mol. The van der Waals surface area contributed by atoms with E-state index >= 15 is 0 Å². The molecule has 5 nitrogen and oxygen atoms in total. The molecule has 0 saturated carbocycles. The number of aldehydes is 1. The van der Waals surface area contributed by atoms with Gasteiger partial charge in [0.2, 0.25) is 5.88 Å². The number of aromatic nitrogens is 2. The van der Waals surface area contributed by atoms with Crippen LogP contribution in [0.1, 0.15) is 139 Å². The molecule has 2 aromatic rings. The van der Waals surface area contributed by atoms with Crippen molar-refractivity contribution in [3.63, 3.8) is 0 Å². The van der Waals surface area contributed by atoms with Gasteiger partial charge in [0.1, 0.15) is 5.75 Å². The Balaban J connectivity index is 1.56. The van der Waals surface area contributed by atoms with E-state index in [4.69, 9.17) is 4.74 Å².